The van der Waals surface area contributed by atoms with Gasteiger partial charge in [-0.1, -0.05) is 12.1 Å². The van der Waals surface area contributed by atoms with E-state index in [1.807, 2.05) is 0 Å². The van der Waals surface area contributed by atoms with Crippen molar-refractivity contribution in [3.63, 3.8) is 0 Å². The highest BCUT2D eigenvalue weighted by Gasteiger charge is 2.33. The first-order valence-electron chi connectivity index (χ1n) is 10.0. The molecular formula is C20H30N4O9. The summed E-state index contributed by atoms with van der Waals surface area (Å²) in [6.07, 6.45) is -2.84. The maximum atomic E-state index is 12.6. The number of carbonyl (C=O) groups excluding carboxylic acids is 3. The van der Waals surface area contributed by atoms with Gasteiger partial charge >= 0.3 is 5.97 Å². The quantitative estimate of drug-likeness (QED) is 0.147. The summed E-state index contributed by atoms with van der Waals surface area (Å²) in [4.78, 5) is 48.6. The van der Waals surface area contributed by atoms with E-state index < -0.39 is 66.7 Å². The molecular weight excluding hydrogens is 440 g/mol. The lowest BCUT2D eigenvalue weighted by Gasteiger charge is -2.26. The molecule has 3 amide bonds. The molecule has 10 N–H and O–H groups in total. The second-order valence-corrected chi connectivity index (χ2v) is 7.51. The SMILES string of the molecule is C[C@@H](O)[C@H](N)C(=O)N[C@@H](CO)C(=O)N[C@H](C(=O)N[C@@H](Cc1ccc(O)cc1)C(=O)O)[C@@H](C)O. The number of phenols is 1. The van der Waals surface area contributed by atoms with E-state index in [0.29, 0.717) is 5.56 Å². The fraction of sp³-hybridized carbons (Fsp3) is 0.500. The maximum absolute atomic E-state index is 12.6. The number of hydrogen-bond donors (Lipinski definition) is 9. The molecule has 0 saturated carbocycles. The molecule has 0 saturated heterocycles. The summed E-state index contributed by atoms with van der Waals surface area (Å²) < 4.78 is 0. The first kappa shape index (κ1) is 27.8. The second kappa shape index (κ2) is 12.7. The van der Waals surface area contributed by atoms with Gasteiger partial charge in [0.05, 0.1) is 18.8 Å². The van der Waals surface area contributed by atoms with Crippen LogP contribution in [0.25, 0.3) is 0 Å². The van der Waals surface area contributed by atoms with E-state index in [1.165, 1.54) is 38.1 Å². The monoisotopic (exact) mass is 470 g/mol. The molecule has 0 spiro atoms. The van der Waals surface area contributed by atoms with Crippen LogP contribution in [0.4, 0.5) is 0 Å². The van der Waals surface area contributed by atoms with Crippen LogP contribution < -0.4 is 21.7 Å². The van der Waals surface area contributed by atoms with Gasteiger partial charge < -0.3 is 47.2 Å². The Morgan fingerprint density at radius 3 is 1.88 bits per heavy atom. The van der Waals surface area contributed by atoms with Gasteiger partial charge in [-0.15, -0.1) is 0 Å². The Bertz CT molecular complexity index is 829. The van der Waals surface area contributed by atoms with E-state index in [1.54, 1.807) is 0 Å². The van der Waals surface area contributed by atoms with Crippen molar-refractivity contribution in [2.45, 2.75) is 56.6 Å². The molecule has 1 aromatic rings. The van der Waals surface area contributed by atoms with E-state index in [-0.39, 0.29) is 12.2 Å². The number of amides is 3. The number of carbonyl (C=O) groups is 4. The smallest absolute Gasteiger partial charge is 0.326 e. The number of nitrogens with one attached hydrogen (secondary N) is 3. The van der Waals surface area contributed by atoms with Crippen LogP contribution in [-0.2, 0) is 25.6 Å². The van der Waals surface area contributed by atoms with Crippen LogP contribution in [-0.4, -0.2) is 92.2 Å². The van der Waals surface area contributed by atoms with Crippen LogP contribution in [0.1, 0.15) is 19.4 Å². The zero-order valence-electron chi connectivity index (χ0n) is 18.1. The number of aliphatic carboxylic acids is 1. The molecule has 0 aliphatic heterocycles. The minimum atomic E-state index is -1.62. The lowest BCUT2D eigenvalue weighted by molar-refractivity contribution is -0.143. The first-order valence-corrected chi connectivity index (χ1v) is 10.0. The Morgan fingerprint density at radius 1 is 0.879 bits per heavy atom. The fourth-order valence-electron chi connectivity index (χ4n) is 2.67. The van der Waals surface area contributed by atoms with Crippen molar-refractivity contribution in [3.8, 4) is 5.75 Å². The molecule has 0 radical (unpaired) electrons. The molecule has 0 aliphatic rings. The van der Waals surface area contributed by atoms with Gasteiger partial charge in [-0.3, -0.25) is 14.4 Å². The molecule has 0 bridgehead atoms. The fourth-order valence-corrected chi connectivity index (χ4v) is 2.67. The van der Waals surface area contributed by atoms with Gasteiger partial charge in [-0.05, 0) is 31.5 Å². The third-order valence-electron chi connectivity index (χ3n) is 4.69. The molecule has 13 nitrogen and oxygen atoms in total. The highest BCUT2D eigenvalue weighted by atomic mass is 16.4. The highest BCUT2D eigenvalue weighted by Crippen LogP contribution is 2.12. The molecule has 1 rings (SSSR count). The van der Waals surface area contributed by atoms with Crippen molar-refractivity contribution in [1.82, 2.24) is 16.0 Å². The van der Waals surface area contributed by atoms with E-state index >= 15 is 0 Å². The summed E-state index contributed by atoms with van der Waals surface area (Å²) in [5, 5.41) is 54.0. The standard InChI is InChI=1S/C20H30N4O9/c1-9(26)15(21)18(30)23-14(8-25)17(29)24-16(10(2)27)19(31)22-13(20(32)33)7-11-3-5-12(28)6-4-11/h3-6,9-10,13-16,25-28H,7-8,21H2,1-2H3,(H,22,31)(H,23,30)(H,24,29)(H,32,33)/t9-,10-,13+,14+,15+,16+/m1/s1. The van der Waals surface area contributed by atoms with Gasteiger partial charge in [0.1, 0.15) is 29.9 Å². The van der Waals surface area contributed by atoms with Gasteiger partial charge in [0.25, 0.3) is 0 Å². The van der Waals surface area contributed by atoms with Crippen molar-refractivity contribution >= 4 is 23.7 Å². The van der Waals surface area contributed by atoms with Crippen molar-refractivity contribution < 1.29 is 44.7 Å². The van der Waals surface area contributed by atoms with Crippen LogP contribution >= 0.6 is 0 Å². The van der Waals surface area contributed by atoms with Crippen molar-refractivity contribution in [1.29, 1.82) is 0 Å². The summed E-state index contributed by atoms with van der Waals surface area (Å²) >= 11 is 0. The summed E-state index contributed by atoms with van der Waals surface area (Å²) in [7, 11) is 0. The average Bonchev–Trinajstić information content (AvgIpc) is 2.75. The summed E-state index contributed by atoms with van der Waals surface area (Å²) in [6.45, 7) is 1.55. The van der Waals surface area contributed by atoms with Crippen LogP contribution in [0.15, 0.2) is 24.3 Å². The van der Waals surface area contributed by atoms with Crippen LogP contribution in [0.5, 0.6) is 5.75 Å². The number of phenolic OH excluding ortho intramolecular Hbond substituents is 1. The Labute approximate surface area is 189 Å². The van der Waals surface area contributed by atoms with Crippen LogP contribution in [0.2, 0.25) is 0 Å². The van der Waals surface area contributed by atoms with E-state index in [4.69, 9.17) is 5.73 Å². The molecule has 0 aromatic heterocycles. The number of aromatic hydroxyl groups is 1. The third-order valence-corrected chi connectivity index (χ3v) is 4.69. The number of rotatable bonds is 12. The summed E-state index contributed by atoms with van der Waals surface area (Å²) in [5.74, 6) is -4.40. The number of carboxylic acid groups (broad SMARTS) is 1. The number of hydrogen-bond acceptors (Lipinski definition) is 9. The van der Waals surface area contributed by atoms with Crippen molar-refractivity contribution in [3.05, 3.63) is 29.8 Å². The van der Waals surface area contributed by atoms with Gasteiger partial charge in [0.2, 0.25) is 17.7 Å². The van der Waals surface area contributed by atoms with Crippen LogP contribution in [0.3, 0.4) is 0 Å². The van der Waals surface area contributed by atoms with E-state index in [2.05, 4.69) is 16.0 Å². The number of aliphatic hydroxyl groups is 3. The number of aliphatic hydroxyl groups excluding tert-OH is 3. The highest BCUT2D eigenvalue weighted by molar-refractivity contribution is 5.94. The van der Waals surface area contributed by atoms with Crippen molar-refractivity contribution in [2.75, 3.05) is 6.61 Å². The molecule has 0 fully saturated rings. The number of nitrogens with two attached hydrogens (primary N) is 1. The zero-order chi connectivity index (χ0) is 25.3. The molecule has 1 aromatic carbocycles. The predicted molar refractivity (Wildman–Crippen MR) is 114 cm³/mol. The minimum Gasteiger partial charge on any atom is -0.508 e. The molecule has 6 atom stereocenters. The molecule has 0 unspecified atom stereocenters. The minimum absolute atomic E-state index is 0.0218. The van der Waals surface area contributed by atoms with Gasteiger partial charge in [-0.25, -0.2) is 4.79 Å². The first-order chi connectivity index (χ1) is 15.4. The Hall–Kier alpha value is -3.26. The Morgan fingerprint density at radius 2 is 1.42 bits per heavy atom. The number of carboxylic acids is 1. The largest absolute Gasteiger partial charge is 0.508 e. The molecule has 33 heavy (non-hydrogen) atoms. The topological polar surface area (TPSA) is 232 Å². The van der Waals surface area contributed by atoms with Crippen molar-refractivity contribution in [2.24, 2.45) is 5.73 Å². The normalized spacial score (nSPS) is 16.4. The Balaban J connectivity index is 2.88. The molecule has 0 heterocycles. The van der Waals surface area contributed by atoms with Crippen LogP contribution in [0, 0.1) is 0 Å². The Kier molecular flexibility index (Phi) is 10.7. The zero-order valence-corrected chi connectivity index (χ0v) is 18.1. The van der Waals surface area contributed by atoms with Gasteiger partial charge in [0, 0.05) is 6.42 Å². The molecule has 13 heteroatoms. The second-order valence-electron chi connectivity index (χ2n) is 7.51. The predicted octanol–water partition coefficient (Wildman–Crippen LogP) is -3.45. The lowest BCUT2D eigenvalue weighted by atomic mass is 10.0. The summed E-state index contributed by atoms with van der Waals surface area (Å²) in [5.41, 5.74) is 5.96. The molecule has 184 valence electrons. The van der Waals surface area contributed by atoms with Gasteiger partial charge in [0.15, 0.2) is 0 Å². The van der Waals surface area contributed by atoms with E-state index in [0.717, 1.165) is 0 Å². The van der Waals surface area contributed by atoms with Gasteiger partial charge in [-0.2, -0.15) is 0 Å². The lowest BCUT2D eigenvalue weighted by Crippen LogP contribution is -2.61. The van der Waals surface area contributed by atoms with E-state index in [9.17, 15) is 44.7 Å². The maximum Gasteiger partial charge on any atom is 0.326 e. The molecule has 0 aliphatic carbocycles. The third kappa shape index (κ3) is 8.65. The number of benzene rings is 1. The average molecular weight is 470 g/mol. The summed E-state index contributed by atoms with van der Waals surface area (Å²) in [6, 6.07) is -0.324.